The van der Waals surface area contributed by atoms with Crippen LogP contribution in [0, 0.1) is 14.3 Å². The molecule has 0 aliphatic rings. The molecule has 21 heavy (non-hydrogen) atoms. The minimum Gasteiger partial charge on any atom is -0.507 e. The van der Waals surface area contributed by atoms with E-state index in [1.54, 1.807) is 12.1 Å². The minimum atomic E-state index is 0.244. The predicted molar refractivity (Wildman–Crippen MR) is 115 cm³/mol. The van der Waals surface area contributed by atoms with Crippen LogP contribution >= 0.6 is 90.4 Å². The molecular weight excluding hydrogens is 724 g/mol. The van der Waals surface area contributed by atoms with Gasteiger partial charge in [-0.25, -0.2) is 0 Å². The van der Waals surface area contributed by atoms with Crippen molar-refractivity contribution in [3.8, 4) is 17.2 Å². The molecule has 2 aromatic rings. The molecule has 0 saturated heterocycles. The Balaban J connectivity index is 2.40. The molecule has 2 aromatic carbocycles. The van der Waals surface area contributed by atoms with Crippen molar-refractivity contribution in [3.63, 3.8) is 0 Å². The second kappa shape index (κ2) is 7.95. The van der Waals surface area contributed by atoms with Gasteiger partial charge in [0.05, 0.1) is 14.3 Å². The van der Waals surface area contributed by atoms with Crippen LogP contribution in [-0.2, 0) is 11.2 Å². The van der Waals surface area contributed by atoms with Gasteiger partial charge in [-0.1, -0.05) is 0 Å². The van der Waals surface area contributed by atoms with Crippen LogP contribution in [0.25, 0.3) is 0 Å². The van der Waals surface area contributed by atoms with Crippen LogP contribution in [-0.4, -0.2) is 11.4 Å². The summed E-state index contributed by atoms with van der Waals surface area (Å²) in [5.74, 6) is 1.70. The monoisotopic (exact) mass is 731 g/mol. The summed E-state index contributed by atoms with van der Waals surface area (Å²) >= 11 is 8.57. The number of ether oxygens (including phenoxy) is 1. The third-order valence-electron chi connectivity index (χ3n) is 2.55. The number of hydrogen-bond donors (Lipinski definition) is 1. The highest BCUT2D eigenvalue weighted by atomic mass is 127. The van der Waals surface area contributed by atoms with Crippen LogP contribution in [0.15, 0.2) is 24.3 Å². The summed E-state index contributed by atoms with van der Waals surface area (Å²) in [6.45, 7) is 0. The van der Waals surface area contributed by atoms with Gasteiger partial charge in [0, 0.05) is 6.42 Å². The number of rotatable bonds is 4. The zero-order chi connectivity index (χ0) is 15.6. The average molecular weight is 731 g/mol. The molecular formula is C14H7I4O3. The van der Waals surface area contributed by atoms with Gasteiger partial charge in [0.25, 0.3) is 0 Å². The highest BCUT2D eigenvalue weighted by molar-refractivity contribution is 14.1. The van der Waals surface area contributed by atoms with Crippen molar-refractivity contribution in [2.75, 3.05) is 0 Å². The Morgan fingerprint density at radius 1 is 0.952 bits per heavy atom. The quantitative estimate of drug-likeness (QED) is 0.438. The number of phenolic OH excluding ortho intramolecular Hbond substituents is 1. The molecule has 2 rings (SSSR count). The van der Waals surface area contributed by atoms with Gasteiger partial charge < -0.3 is 9.84 Å². The fourth-order valence-electron chi connectivity index (χ4n) is 1.60. The smallest absolute Gasteiger partial charge is 0.203 e. The molecule has 0 unspecified atom stereocenters. The lowest BCUT2D eigenvalue weighted by molar-refractivity contribution is 0.455. The Morgan fingerprint density at radius 3 is 2.14 bits per heavy atom. The van der Waals surface area contributed by atoms with Crippen LogP contribution in [0.2, 0.25) is 0 Å². The zero-order valence-electron chi connectivity index (χ0n) is 10.3. The van der Waals surface area contributed by atoms with Crippen molar-refractivity contribution in [2.24, 2.45) is 0 Å². The summed E-state index contributed by atoms with van der Waals surface area (Å²) in [5, 5.41) is 9.69. The lowest BCUT2D eigenvalue weighted by atomic mass is 10.2. The van der Waals surface area contributed by atoms with Gasteiger partial charge >= 0.3 is 0 Å². The van der Waals surface area contributed by atoms with E-state index in [0.717, 1.165) is 25.6 Å². The molecule has 7 heteroatoms. The van der Waals surface area contributed by atoms with E-state index in [1.807, 2.05) is 18.4 Å². The van der Waals surface area contributed by atoms with Gasteiger partial charge in [-0.2, -0.15) is 0 Å². The Morgan fingerprint density at radius 2 is 1.57 bits per heavy atom. The zero-order valence-corrected chi connectivity index (χ0v) is 18.9. The van der Waals surface area contributed by atoms with Crippen LogP contribution in [0.1, 0.15) is 5.56 Å². The van der Waals surface area contributed by atoms with E-state index in [9.17, 15) is 9.90 Å². The maximum absolute atomic E-state index is 10.5. The van der Waals surface area contributed by atoms with Crippen LogP contribution < -0.4 is 4.74 Å². The van der Waals surface area contributed by atoms with Crippen molar-refractivity contribution >= 4 is 96.6 Å². The maximum atomic E-state index is 10.5. The molecule has 3 nitrogen and oxygen atoms in total. The fraction of sp³-hybridized carbons (Fsp3) is 0.0714. The highest BCUT2D eigenvalue weighted by Crippen LogP contribution is 2.37. The molecule has 1 radical (unpaired) electrons. The summed E-state index contributed by atoms with van der Waals surface area (Å²) in [6, 6.07) is 7.31. The predicted octanol–water partition coefficient (Wildman–Crippen LogP) is 5.26. The molecule has 109 valence electrons. The number of halogens is 4. The number of carbonyl (C=O) groups excluding carboxylic acids is 1. The van der Waals surface area contributed by atoms with Gasteiger partial charge in [-0.3, -0.25) is 4.79 Å². The van der Waals surface area contributed by atoms with Crippen molar-refractivity contribution in [1.82, 2.24) is 0 Å². The van der Waals surface area contributed by atoms with Gasteiger partial charge in [0.1, 0.15) is 11.5 Å². The van der Waals surface area contributed by atoms with E-state index in [-0.39, 0.29) is 12.2 Å². The van der Waals surface area contributed by atoms with E-state index in [1.165, 1.54) is 0 Å². The first-order valence-corrected chi connectivity index (χ1v) is 9.92. The Bertz CT molecular complexity index is 678. The van der Waals surface area contributed by atoms with Crippen LogP contribution in [0.3, 0.4) is 0 Å². The third kappa shape index (κ3) is 4.56. The standard InChI is InChI=1S/C14H7I4O3/c15-8-6-13(9(16)5-12(8)20)21-14-10(17)3-7(1-2-19)4-11(14)18/h3-6,20H,1H2. The van der Waals surface area contributed by atoms with E-state index in [2.05, 4.69) is 90.4 Å². The number of benzene rings is 2. The van der Waals surface area contributed by atoms with E-state index in [0.29, 0.717) is 5.75 Å². The molecule has 0 aromatic heterocycles. The Kier molecular flexibility index (Phi) is 6.80. The number of phenols is 1. The van der Waals surface area contributed by atoms with Gasteiger partial charge in [-0.15, -0.1) is 0 Å². The second-order valence-electron chi connectivity index (χ2n) is 4.05. The normalized spacial score (nSPS) is 10.5. The summed E-state index contributed by atoms with van der Waals surface area (Å²) in [7, 11) is 0. The lowest BCUT2D eigenvalue weighted by Gasteiger charge is -2.13. The average Bonchev–Trinajstić information content (AvgIpc) is 2.40. The SMILES string of the molecule is O=[C]Cc1cc(I)c(Oc2cc(I)c(O)cc2I)c(I)c1. The molecule has 0 aliphatic heterocycles. The first-order chi connectivity index (χ1) is 9.92. The minimum absolute atomic E-state index is 0.244. The number of hydrogen-bond acceptors (Lipinski definition) is 3. The summed E-state index contributed by atoms with van der Waals surface area (Å²) in [5.41, 5.74) is 0.918. The topological polar surface area (TPSA) is 46.5 Å². The molecule has 0 saturated carbocycles. The van der Waals surface area contributed by atoms with Crippen LogP contribution in [0.4, 0.5) is 0 Å². The van der Waals surface area contributed by atoms with Crippen molar-refractivity contribution in [1.29, 1.82) is 0 Å². The fourth-order valence-corrected chi connectivity index (χ4v) is 4.72. The molecule has 0 fully saturated rings. The first-order valence-electron chi connectivity index (χ1n) is 5.61. The maximum Gasteiger partial charge on any atom is 0.203 e. The summed E-state index contributed by atoms with van der Waals surface area (Å²) < 4.78 is 9.44. The largest absolute Gasteiger partial charge is 0.507 e. The van der Waals surface area contributed by atoms with Crippen LogP contribution in [0.5, 0.6) is 17.2 Å². The third-order valence-corrected chi connectivity index (χ3v) is 5.86. The van der Waals surface area contributed by atoms with Crippen molar-refractivity contribution < 1.29 is 14.6 Å². The molecule has 0 atom stereocenters. The Labute approximate surface area is 176 Å². The Hall–Kier alpha value is 0.630. The molecule has 0 heterocycles. The van der Waals surface area contributed by atoms with Gasteiger partial charge in [-0.05, 0) is 120 Å². The lowest BCUT2D eigenvalue weighted by Crippen LogP contribution is -1.96. The van der Waals surface area contributed by atoms with E-state index < -0.39 is 0 Å². The number of aromatic hydroxyl groups is 1. The molecule has 0 amide bonds. The van der Waals surface area contributed by atoms with Crippen molar-refractivity contribution in [2.45, 2.75) is 6.42 Å². The highest BCUT2D eigenvalue weighted by Gasteiger charge is 2.13. The van der Waals surface area contributed by atoms with Crippen molar-refractivity contribution in [3.05, 3.63) is 44.1 Å². The molecule has 1 N–H and O–H groups in total. The summed E-state index contributed by atoms with van der Waals surface area (Å²) in [4.78, 5) is 10.5. The summed E-state index contributed by atoms with van der Waals surface area (Å²) in [6.07, 6.45) is 2.18. The first kappa shape index (κ1) is 18.0. The van der Waals surface area contributed by atoms with E-state index in [4.69, 9.17) is 4.74 Å². The molecule has 0 bridgehead atoms. The second-order valence-corrected chi connectivity index (χ2v) is 8.69. The van der Waals surface area contributed by atoms with Gasteiger partial charge in [0.2, 0.25) is 6.29 Å². The van der Waals surface area contributed by atoms with Gasteiger partial charge in [0.15, 0.2) is 5.75 Å². The molecule has 0 aliphatic carbocycles. The van der Waals surface area contributed by atoms with E-state index >= 15 is 0 Å². The molecule has 0 spiro atoms.